The van der Waals surface area contributed by atoms with Crippen LogP contribution in [0.15, 0.2) is 18.2 Å². The first-order valence-electron chi connectivity index (χ1n) is 13.4. The van der Waals surface area contributed by atoms with Crippen LogP contribution < -0.4 is 20.7 Å². The number of amides is 5. The fourth-order valence-corrected chi connectivity index (χ4v) is 4.83. The molecule has 0 radical (unpaired) electrons. The SMILES string of the molecule is CC(C)NC(=O)Nc1ccc2c(c1)C(=O)N([C@@H](C)CO)C[C@@H](C)[C@@H](CN(C)C(=O)NC1CCCCC1)O2. The highest BCUT2D eigenvalue weighted by Gasteiger charge is 2.34. The molecule has 10 nitrogen and oxygen atoms in total. The molecule has 0 bridgehead atoms. The summed E-state index contributed by atoms with van der Waals surface area (Å²) < 4.78 is 6.36. The van der Waals surface area contributed by atoms with Gasteiger partial charge < -0.3 is 35.6 Å². The van der Waals surface area contributed by atoms with E-state index in [9.17, 15) is 19.5 Å². The first-order chi connectivity index (χ1) is 17.6. The predicted octanol–water partition coefficient (Wildman–Crippen LogP) is 3.41. The zero-order valence-electron chi connectivity index (χ0n) is 22.8. The molecule has 5 amide bonds. The molecule has 3 rings (SSSR count). The maximum Gasteiger partial charge on any atom is 0.319 e. The minimum atomic E-state index is -0.408. The molecule has 10 heteroatoms. The highest BCUT2D eigenvalue weighted by atomic mass is 16.5. The number of ether oxygens (including phenoxy) is 1. The van der Waals surface area contributed by atoms with Gasteiger partial charge in [-0.25, -0.2) is 9.59 Å². The lowest BCUT2D eigenvalue weighted by atomic mass is 9.96. The lowest BCUT2D eigenvalue weighted by molar-refractivity contribution is 0.0366. The lowest BCUT2D eigenvalue weighted by Gasteiger charge is -2.38. The fourth-order valence-electron chi connectivity index (χ4n) is 4.83. The number of benzene rings is 1. The first-order valence-corrected chi connectivity index (χ1v) is 13.4. The van der Waals surface area contributed by atoms with E-state index in [1.54, 1.807) is 42.0 Å². The fraction of sp³-hybridized carbons (Fsp3) is 0.667. The van der Waals surface area contributed by atoms with Crippen molar-refractivity contribution in [2.75, 3.05) is 32.1 Å². The van der Waals surface area contributed by atoms with Crippen LogP contribution >= 0.6 is 0 Å². The van der Waals surface area contributed by atoms with E-state index >= 15 is 0 Å². The molecule has 0 aromatic heterocycles. The Hall–Kier alpha value is -3.01. The third kappa shape index (κ3) is 7.74. The number of nitrogens with zero attached hydrogens (tertiary/aromatic N) is 2. The molecule has 1 aliphatic heterocycles. The van der Waals surface area contributed by atoms with E-state index in [0.29, 0.717) is 30.1 Å². The number of anilines is 1. The Labute approximate surface area is 220 Å². The Morgan fingerprint density at radius 3 is 2.54 bits per heavy atom. The van der Waals surface area contributed by atoms with Crippen LogP contribution in [0.4, 0.5) is 15.3 Å². The van der Waals surface area contributed by atoms with Crippen LogP contribution in [0.5, 0.6) is 5.75 Å². The molecule has 1 aromatic rings. The molecule has 206 valence electrons. The van der Waals surface area contributed by atoms with Gasteiger partial charge in [0.05, 0.1) is 24.8 Å². The maximum absolute atomic E-state index is 13.5. The number of hydrogen-bond acceptors (Lipinski definition) is 5. The molecular formula is C27H43N5O5. The van der Waals surface area contributed by atoms with E-state index in [2.05, 4.69) is 16.0 Å². The monoisotopic (exact) mass is 517 g/mol. The van der Waals surface area contributed by atoms with E-state index in [0.717, 1.165) is 25.7 Å². The van der Waals surface area contributed by atoms with Crippen molar-refractivity contribution in [1.82, 2.24) is 20.4 Å². The minimum absolute atomic E-state index is 0.0373. The molecule has 0 spiro atoms. The van der Waals surface area contributed by atoms with Crippen molar-refractivity contribution in [3.05, 3.63) is 23.8 Å². The standard InChI is InChI=1S/C27H43N5O5/c1-17(2)28-26(35)29-21-11-12-23-22(13-21)25(34)32(19(4)16-33)14-18(3)24(37-23)15-31(5)27(36)30-20-9-7-6-8-10-20/h11-13,17-20,24,33H,6-10,14-16H2,1-5H3,(H,30,36)(H2,28,29,35)/t18-,19+,24-/m1/s1. The van der Waals surface area contributed by atoms with Gasteiger partial charge in [-0.05, 0) is 51.8 Å². The van der Waals surface area contributed by atoms with Crippen molar-refractivity contribution in [3.8, 4) is 5.75 Å². The minimum Gasteiger partial charge on any atom is -0.487 e. The second kappa shape index (κ2) is 13.0. The quantitative estimate of drug-likeness (QED) is 0.441. The van der Waals surface area contributed by atoms with Crippen molar-refractivity contribution >= 4 is 23.7 Å². The summed E-state index contributed by atoms with van der Waals surface area (Å²) in [5.74, 6) is -0.00332. The van der Waals surface area contributed by atoms with Gasteiger partial charge >= 0.3 is 12.1 Å². The predicted molar refractivity (Wildman–Crippen MR) is 143 cm³/mol. The number of carbonyl (C=O) groups is 3. The average Bonchev–Trinajstić information content (AvgIpc) is 2.86. The highest BCUT2D eigenvalue weighted by molar-refractivity contribution is 5.99. The van der Waals surface area contributed by atoms with Crippen molar-refractivity contribution in [2.45, 2.75) is 84.0 Å². The Kier molecular flexibility index (Phi) is 10.0. The number of likely N-dealkylation sites (N-methyl/N-ethyl adjacent to an activating group) is 1. The van der Waals surface area contributed by atoms with Crippen LogP contribution in [0, 0.1) is 5.92 Å². The Morgan fingerprint density at radius 2 is 1.89 bits per heavy atom. The molecule has 1 fully saturated rings. The van der Waals surface area contributed by atoms with Crippen molar-refractivity contribution in [3.63, 3.8) is 0 Å². The van der Waals surface area contributed by atoms with Gasteiger partial charge in [0, 0.05) is 37.3 Å². The third-order valence-electron chi connectivity index (χ3n) is 7.08. The van der Waals surface area contributed by atoms with E-state index in [1.807, 2.05) is 20.8 Å². The number of rotatable bonds is 7. The summed E-state index contributed by atoms with van der Waals surface area (Å²) in [6.07, 6.45) is 5.12. The number of aliphatic hydroxyl groups is 1. The molecule has 1 aliphatic carbocycles. The van der Waals surface area contributed by atoms with Crippen LogP contribution in [0.25, 0.3) is 0 Å². The molecule has 37 heavy (non-hydrogen) atoms. The van der Waals surface area contributed by atoms with Gasteiger partial charge in [0.15, 0.2) is 0 Å². The Balaban J connectivity index is 1.82. The van der Waals surface area contributed by atoms with E-state index in [-0.39, 0.29) is 48.7 Å². The van der Waals surface area contributed by atoms with Gasteiger partial charge in [0.2, 0.25) is 0 Å². The summed E-state index contributed by atoms with van der Waals surface area (Å²) in [4.78, 5) is 41.9. The molecule has 0 unspecified atom stereocenters. The van der Waals surface area contributed by atoms with Gasteiger partial charge in [0.25, 0.3) is 5.91 Å². The second-order valence-corrected chi connectivity index (χ2v) is 10.8. The first kappa shape index (κ1) is 28.6. The van der Waals surface area contributed by atoms with E-state index in [1.165, 1.54) is 6.42 Å². The van der Waals surface area contributed by atoms with Gasteiger partial charge in [-0.1, -0.05) is 26.2 Å². The summed E-state index contributed by atoms with van der Waals surface area (Å²) in [5.41, 5.74) is 0.758. The van der Waals surface area contributed by atoms with Crippen LogP contribution in [-0.4, -0.2) is 83.8 Å². The molecule has 2 aliphatic rings. The number of aliphatic hydroxyl groups excluding tert-OH is 1. The van der Waals surface area contributed by atoms with Crippen molar-refractivity contribution in [2.24, 2.45) is 5.92 Å². The Morgan fingerprint density at radius 1 is 1.19 bits per heavy atom. The Bertz CT molecular complexity index is 949. The number of fused-ring (bicyclic) bond motifs is 1. The van der Waals surface area contributed by atoms with Crippen LogP contribution in [0.1, 0.15) is 70.2 Å². The van der Waals surface area contributed by atoms with Gasteiger partial charge in [-0.2, -0.15) is 0 Å². The molecule has 0 saturated heterocycles. The van der Waals surface area contributed by atoms with Gasteiger partial charge in [0.1, 0.15) is 11.9 Å². The summed E-state index contributed by atoms with van der Waals surface area (Å²) in [5, 5.41) is 18.5. The highest BCUT2D eigenvalue weighted by Crippen LogP contribution is 2.30. The van der Waals surface area contributed by atoms with Crippen LogP contribution in [0.3, 0.4) is 0 Å². The van der Waals surface area contributed by atoms with Crippen molar-refractivity contribution < 1.29 is 24.2 Å². The van der Waals surface area contributed by atoms with Crippen molar-refractivity contribution in [1.29, 1.82) is 0 Å². The number of hydrogen-bond donors (Lipinski definition) is 4. The number of urea groups is 2. The zero-order chi connectivity index (χ0) is 27.1. The van der Waals surface area contributed by atoms with E-state index < -0.39 is 6.04 Å². The summed E-state index contributed by atoms with van der Waals surface area (Å²) in [7, 11) is 1.76. The molecule has 4 N–H and O–H groups in total. The second-order valence-electron chi connectivity index (χ2n) is 10.8. The molecular weight excluding hydrogens is 474 g/mol. The average molecular weight is 518 g/mol. The smallest absolute Gasteiger partial charge is 0.319 e. The van der Waals surface area contributed by atoms with Gasteiger partial charge in [-0.3, -0.25) is 4.79 Å². The normalized spacial score (nSPS) is 21.3. The summed E-state index contributed by atoms with van der Waals surface area (Å²) in [6.45, 7) is 8.01. The van der Waals surface area contributed by atoms with E-state index in [4.69, 9.17) is 4.74 Å². The molecule has 1 aromatic carbocycles. The van der Waals surface area contributed by atoms with Gasteiger partial charge in [-0.15, -0.1) is 0 Å². The maximum atomic E-state index is 13.5. The summed E-state index contributed by atoms with van der Waals surface area (Å²) >= 11 is 0. The summed E-state index contributed by atoms with van der Waals surface area (Å²) in [6, 6.07) is 4.23. The molecule has 1 saturated carbocycles. The molecule has 3 atom stereocenters. The van der Waals surface area contributed by atoms with Crippen LogP contribution in [0.2, 0.25) is 0 Å². The zero-order valence-corrected chi connectivity index (χ0v) is 22.8. The largest absolute Gasteiger partial charge is 0.487 e. The number of carbonyl (C=O) groups excluding carboxylic acids is 3. The number of nitrogens with one attached hydrogen (secondary N) is 3. The third-order valence-corrected chi connectivity index (χ3v) is 7.08. The lowest BCUT2D eigenvalue weighted by Crippen LogP contribution is -2.52. The topological polar surface area (TPSA) is 123 Å². The van der Waals surface area contributed by atoms with Crippen LogP contribution in [-0.2, 0) is 0 Å². The molecule has 1 heterocycles.